The predicted molar refractivity (Wildman–Crippen MR) is 69.8 cm³/mol. The van der Waals surface area contributed by atoms with Crippen LogP contribution in [0.2, 0.25) is 0 Å². The fourth-order valence-corrected chi connectivity index (χ4v) is 1.32. The summed E-state index contributed by atoms with van der Waals surface area (Å²) in [7, 11) is 0. The molecule has 0 heterocycles. The van der Waals surface area contributed by atoms with Crippen molar-refractivity contribution in [2.24, 2.45) is 0 Å². The maximum Gasteiger partial charge on any atom is 0.205 e. The van der Waals surface area contributed by atoms with Gasteiger partial charge in [0.25, 0.3) is 0 Å². The summed E-state index contributed by atoms with van der Waals surface area (Å²) in [6.45, 7) is 2.32. The second-order valence-electron chi connectivity index (χ2n) is 3.96. The van der Waals surface area contributed by atoms with E-state index in [-0.39, 0.29) is 18.5 Å². The van der Waals surface area contributed by atoms with Gasteiger partial charge in [0.2, 0.25) is 5.78 Å². The van der Waals surface area contributed by atoms with Gasteiger partial charge in [-0.25, -0.2) is 0 Å². The van der Waals surface area contributed by atoms with Gasteiger partial charge in [0, 0.05) is 13.0 Å². The highest BCUT2D eigenvalue weighted by Gasteiger charge is 1.99. The van der Waals surface area contributed by atoms with E-state index in [0.29, 0.717) is 19.4 Å². The third-order valence-electron chi connectivity index (χ3n) is 2.32. The average molecular weight is 246 g/mol. The van der Waals surface area contributed by atoms with Crippen LogP contribution in [0.1, 0.15) is 25.3 Å². The summed E-state index contributed by atoms with van der Waals surface area (Å²) >= 11 is 0. The van der Waals surface area contributed by atoms with E-state index in [4.69, 9.17) is 9.84 Å². The highest BCUT2D eigenvalue weighted by atomic mass is 16.5. The van der Waals surface area contributed by atoms with Gasteiger partial charge in [0.15, 0.2) is 0 Å². The van der Waals surface area contributed by atoms with Crippen molar-refractivity contribution in [3.05, 3.63) is 35.9 Å². The van der Waals surface area contributed by atoms with Crippen molar-refractivity contribution in [2.75, 3.05) is 6.61 Å². The molecule has 3 heteroatoms. The molecule has 18 heavy (non-hydrogen) atoms. The molecule has 96 valence electrons. The molecule has 0 aliphatic heterocycles. The molecule has 0 amide bonds. The molecule has 1 unspecified atom stereocenters. The smallest absolute Gasteiger partial charge is 0.205 e. The Kier molecular flexibility index (Phi) is 6.78. The Balaban J connectivity index is 2.31. The molecule has 0 spiro atoms. The number of aliphatic hydroxyl groups excluding tert-OH is 1. The third-order valence-corrected chi connectivity index (χ3v) is 2.32. The average Bonchev–Trinajstić information content (AvgIpc) is 2.41. The first-order chi connectivity index (χ1) is 8.72. The second-order valence-corrected chi connectivity index (χ2v) is 3.96. The van der Waals surface area contributed by atoms with Crippen LogP contribution in [0, 0.1) is 11.8 Å². The van der Waals surface area contributed by atoms with E-state index in [0.717, 1.165) is 5.56 Å². The first-order valence-corrected chi connectivity index (χ1v) is 6.03. The minimum atomic E-state index is -0.275. The van der Waals surface area contributed by atoms with E-state index in [1.807, 2.05) is 37.3 Å². The molecule has 0 aliphatic rings. The SMILES string of the molecule is CC(C#CC(=O)CCCO)OCc1ccccc1. The fraction of sp³-hybridized carbons (Fsp3) is 0.400. The van der Waals surface area contributed by atoms with Crippen LogP contribution in [0.15, 0.2) is 30.3 Å². The van der Waals surface area contributed by atoms with Crippen molar-refractivity contribution < 1.29 is 14.6 Å². The van der Waals surface area contributed by atoms with Gasteiger partial charge in [-0.15, -0.1) is 0 Å². The predicted octanol–water partition coefficient (Wildman–Crippen LogP) is 1.94. The molecule has 0 saturated heterocycles. The van der Waals surface area contributed by atoms with Gasteiger partial charge < -0.3 is 9.84 Å². The molecule has 0 radical (unpaired) electrons. The number of aliphatic hydroxyl groups is 1. The summed E-state index contributed by atoms with van der Waals surface area (Å²) in [6, 6.07) is 9.81. The number of ether oxygens (including phenoxy) is 1. The van der Waals surface area contributed by atoms with Crippen LogP contribution in [-0.2, 0) is 16.1 Å². The van der Waals surface area contributed by atoms with Crippen LogP contribution in [0.3, 0.4) is 0 Å². The number of ketones is 1. The molecule has 1 atom stereocenters. The molecule has 0 aliphatic carbocycles. The van der Waals surface area contributed by atoms with Crippen LogP contribution < -0.4 is 0 Å². The molecule has 1 rings (SSSR count). The van der Waals surface area contributed by atoms with Crippen molar-refractivity contribution in [1.82, 2.24) is 0 Å². The topological polar surface area (TPSA) is 46.5 Å². The van der Waals surface area contributed by atoms with Gasteiger partial charge in [-0.05, 0) is 24.8 Å². The molecule has 3 nitrogen and oxygen atoms in total. The van der Waals surface area contributed by atoms with Crippen molar-refractivity contribution in [3.63, 3.8) is 0 Å². The van der Waals surface area contributed by atoms with Gasteiger partial charge in [0.05, 0.1) is 6.61 Å². The van der Waals surface area contributed by atoms with Crippen LogP contribution >= 0.6 is 0 Å². The maximum atomic E-state index is 11.2. The van der Waals surface area contributed by atoms with Gasteiger partial charge in [-0.3, -0.25) is 4.79 Å². The van der Waals surface area contributed by atoms with Crippen molar-refractivity contribution in [2.45, 2.75) is 32.5 Å². The summed E-state index contributed by atoms with van der Waals surface area (Å²) in [5.74, 6) is 5.13. The summed E-state index contributed by atoms with van der Waals surface area (Å²) in [6.07, 6.45) is 0.491. The molecular formula is C15H18O3. The van der Waals surface area contributed by atoms with Gasteiger partial charge in [-0.2, -0.15) is 0 Å². The van der Waals surface area contributed by atoms with Crippen LogP contribution in [0.25, 0.3) is 0 Å². The minimum Gasteiger partial charge on any atom is -0.396 e. The highest BCUT2D eigenvalue weighted by Crippen LogP contribution is 2.02. The van der Waals surface area contributed by atoms with E-state index >= 15 is 0 Å². The van der Waals surface area contributed by atoms with E-state index in [1.165, 1.54) is 0 Å². The van der Waals surface area contributed by atoms with Crippen LogP contribution in [0.4, 0.5) is 0 Å². The molecule has 1 aromatic rings. The van der Waals surface area contributed by atoms with Crippen molar-refractivity contribution >= 4 is 5.78 Å². The number of Topliss-reactive ketones (excluding diaryl/α,β-unsaturated/α-hetero) is 1. The van der Waals surface area contributed by atoms with Crippen LogP contribution in [-0.4, -0.2) is 23.6 Å². The van der Waals surface area contributed by atoms with Crippen molar-refractivity contribution in [3.8, 4) is 11.8 Å². The second kappa shape index (κ2) is 8.46. The lowest BCUT2D eigenvalue weighted by Crippen LogP contribution is -2.06. The van der Waals surface area contributed by atoms with Gasteiger partial charge in [0.1, 0.15) is 6.10 Å². The first kappa shape index (κ1) is 14.4. The molecule has 1 N–H and O–H groups in total. The fourth-order valence-electron chi connectivity index (χ4n) is 1.32. The Morgan fingerprint density at radius 2 is 2.11 bits per heavy atom. The monoisotopic (exact) mass is 246 g/mol. The molecule has 0 saturated carbocycles. The van der Waals surface area contributed by atoms with E-state index in [9.17, 15) is 4.79 Å². The highest BCUT2D eigenvalue weighted by molar-refractivity contribution is 5.95. The number of rotatable bonds is 6. The normalized spacial score (nSPS) is 11.4. The Morgan fingerprint density at radius 1 is 1.39 bits per heavy atom. The zero-order chi connectivity index (χ0) is 13.2. The Morgan fingerprint density at radius 3 is 2.78 bits per heavy atom. The first-order valence-electron chi connectivity index (χ1n) is 6.03. The molecular weight excluding hydrogens is 228 g/mol. The number of carbonyl (C=O) groups is 1. The minimum absolute atomic E-state index is 0.0213. The number of hydrogen-bond acceptors (Lipinski definition) is 3. The largest absolute Gasteiger partial charge is 0.396 e. The molecule has 0 aromatic heterocycles. The molecule has 0 fully saturated rings. The Hall–Kier alpha value is -1.63. The van der Waals surface area contributed by atoms with E-state index < -0.39 is 0 Å². The quantitative estimate of drug-likeness (QED) is 0.616. The third kappa shape index (κ3) is 6.19. The van der Waals surface area contributed by atoms with Crippen molar-refractivity contribution in [1.29, 1.82) is 0 Å². The number of benzene rings is 1. The van der Waals surface area contributed by atoms with E-state index in [1.54, 1.807) is 0 Å². The van der Waals surface area contributed by atoms with Gasteiger partial charge in [-0.1, -0.05) is 36.3 Å². The lowest BCUT2D eigenvalue weighted by molar-refractivity contribution is -0.114. The number of carbonyl (C=O) groups excluding carboxylic acids is 1. The zero-order valence-corrected chi connectivity index (χ0v) is 10.6. The molecule has 1 aromatic carbocycles. The van der Waals surface area contributed by atoms with Crippen LogP contribution in [0.5, 0.6) is 0 Å². The van der Waals surface area contributed by atoms with Gasteiger partial charge >= 0.3 is 0 Å². The lowest BCUT2D eigenvalue weighted by atomic mass is 10.2. The lowest BCUT2D eigenvalue weighted by Gasteiger charge is -2.06. The standard InChI is InChI=1S/C15H18O3/c1-13(9-10-15(17)8-5-11-16)18-12-14-6-3-2-4-7-14/h2-4,6-7,13,16H,5,8,11-12H2,1H3. The Bertz CT molecular complexity index is 414. The molecule has 0 bridgehead atoms. The Labute approximate surface area is 108 Å². The summed E-state index contributed by atoms with van der Waals surface area (Å²) < 4.78 is 5.51. The maximum absolute atomic E-state index is 11.2. The summed E-state index contributed by atoms with van der Waals surface area (Å²) in [5, 5.41) is 8.58. The zero-order valence-electron chi connectivity index (χ0n) is 10.6. The van der Waals surface area contributed by atoms with E-state index in [2.05, 4.69) is 11.8 Å². The number of hydrogen-bond donors (Lipinski definition) is 1. The summed E-state index contributed by atoms with van der Waals surface area (Å²) in [4.78, 5) is 11.2. The summed E-state index contributed by atoms with van der Waals surface area (Å²) in [5.41, 5.74) is 1.08.